The summed E-state index contributed by atoms with van der Waals surface area (Å²) >= 11 is 0. The Bertz CT molecular complexity index is 2430. The Labute approximate surface area is 255 Å². The maximum absolute atomic E-state index is 6.19. The Morgan fingerprint density at radius 3 is 2.36 bits per heavy atom. The second-order valence-electron chi connectivity index (χ2n) is 11.9. The second-order valence-corrected chi connectivity index (χ2v) is 11.9. The van der Waals surface area contributed by atoms with Gasteiger partial charge in [0.05, 0.1) is 11.2 Å². The van der Waals surface area contributed by atoms with Gasteiger partial charge in [0.1, 0.15) is 11.2 Å². The molecule has 44 heavy (non-hydrogen) atoms. The highest BCUT2D eigenvalue weighted by Crippen LogP contribution is 2.39. The van der Waals surface area contributed by atoms with Crippen LogP contribution in [0.5, 0.6) is 0 Å². The highest BCUT2D eigenvalue weighted by molar-refractivity contribution is 6.10. The third-order valence-corrected chi connectivity index (χ3v) is 9.08. The molecule has 8 aromatic rings. The molecule has 2 heterocycles. The first kappa shape index (κ1) is 25.0. The summed E-state index contributed by atoms with van der Waals surface area (Å²) in [5, 5.41) is 5.78. The number of benzene rings is 6. The van der Waals surface area contributed by atoms with Crippen LogP contribution in [0.3, 0.4) is 0 Å². The molecule has 208 valence electrons. The zero-order chi connectivity index (χ0) is 29.2. The predicted octanol–water partition coefficient (Wildman–Crippen LogP) is 11.2. The molecule has 0 fully saturated rings. The van der Waals surface area contributed by atoms with Crippen molar-refractivity contribution in [2.45, 2.75) is 19.3 Å². The van der Waals surface area contributed by atoms with Crippen molar-refractivity contribution >= 4 is 49.7 Å². The van der Waals surface area contributed by atoms with E-state index < -0.39 is 0 Å². The molecule has 1 aliphatic carbocycles. The van der Waals surface area contributed by atoms with Crippen molar-refractivity contribution in [2.24, 2.45) is 0 Å². The maximum atomic E-state index is 6.19. The summed E-state index contributed by atoms with van der Waals surface area (Å²) in [4.78, 5) is 10.4. The summed E-state index contributed by atoms with van der Waals surface area (Å²) in [6, 6.07) is 42.8. The predicted molar refractivity (Wildman–Crippen MR) is 183 cm³/mol. The molecule has 1 aliphatic rings. The van der Waals surface area contributed by atoms with Crippen LogP contribution >= 0.6 is 0 Å². The Hall–Kier alpha value is -5.54. The number of hydrogen-bond donors (Lipinski definition) is 0. The monoisotopic (exact) mass is 564 g/mol. The van der Waals surface area contributed by atoms with E-state index in [4.69, 9.17) is 14.4 Å². The number of furan rings is 1. The minimum atomic E-state index is 0.476. The Morgan fingerprint density at radius 2 is 1.43 bits per heavy atom. The molecule has 6 aromatic carbocycles. The third kappa shape index (κ3) is 3.97. The van der Waals surface area contributed by atoms with Crippen molar-refractivity contribution in [3.63, 3.8) is 0 Å². The first-order valence-electron chi connectivity index (χ1n) is 15.2. The molecule has 1 atom stereocenters. The Balaban J connectivity index is 1.19. The fourth-order valence-electron chi connectivity index (χ4n) is 6.81. The molecule has 0 amide bonds. The quantitative estimate of drug-likeness (QED) is 0.214. The van der Waals surface area contributed by atoms with Crippen LogP contribution in [0.15, 0.2) is 132 Å². The van der Waals surface area contributed by atoms with Crippen molar-refractivity contribution in [3.05, 3.63) is 139 Å². The van der Waals surface area contributed by atoms with E-state index in [1.807, 2.05) is 12.1 Å². The SMILES string of the molecule is CC1CC=Cc2c1ccc1nc(-c3cccc(-c4ccc5cc6c(cc5c4)oc4ccccc46)c3)nc(-c3ccccc3)c21. The molecule has 0 spiro atoms. The van der Waals surface area contributed by atoms with Gasteiger partial charge in [0.2, 0.25) is 0 Å². The third-order valence-electron chi connectivity index (χ3n) is 9.08. The van der Waals surface area contributed by atoms with Crippen LogP contribution in [-0.4, -0.2) is 9.97 Å². The number of fused-ring (bicyclic) bond motifs is 7. The van der Waals surface area contributed by atoms with Crippen molar-refractivity contribution in [2.75, 3.05) is 0 Å². The first-order chi connectivity index (χ1) is 21.7. The summed E-state index contributed by atoms with van der Waals surface area (Å²) in [6.07, 6.45) is 5.59. The fraction of sp³-hybridized carbons (Fsp3) is 0.0732. The molecule has 0 radical (unpaired) electrons. The van der Waals surface area contributed by atoms with E-state index >= 15 is 0 Å². The summed E-state index contributed by atoms with van der Waals surface area (Å²) in [5.41, 5.74) is 10.8. The van der Waals surface area contributed by atoms with Crippen LogP contribution in [-0.2, 0) is 0 Å². The standard InChI is InChI=1S/C41H28N2O/c1-25-9-7-15-34-32(25)19-20-36-39(34)40(26-10-3-2-4-11-26)43-41(42-36)30-13-8-12-27(21-30)28-17-18-29-23-35-33-14-5-6-16-37(33)44-38(35)24-31(29)22-28/h2-8,10-25H,9H2,1H3. The molecule has 0 saturated heterocycles. The number of nitrogens with zero attached hydrogens (tertiary/aromatic N) is 2. The summed E-state index contributed by atoms with van der Waals surface area (Å²) in [6.45, 7) is 2.29. The van der Waals surface area contributed by atoms with Crippen molar-refractivity contribution in [1.29, 1.82) is 0 Å². The van der Waals surface area contributed by atoms with E-state index in [1.165, 1.54) is 16.5 Å². The molecule has 0 bridgehead atoms. The number of para-hydroxylation sites is 1. The molecule has 1 unspecified atom stereocenters. The minimum absolute atomic E-state index is 0.476. The highest BCUT2D eigenvalue weighted by Gasteiger charge is 2.20. The molecule has 0 saturated carbocycles. The lowest BCUT2D eigenvalue weighted by atomic mass is 9.85. The van der Waals surface area contributed by atoms with Gasteiger partial charge in [0.25, 0.3) is 0 Å². The van der Waals surface area contributed by atoms with Gasteiger partial charge in [-0.2, -0.15) is 0 Å². The smallest absolute Gasteiger partial charge is 0.160 e. The van der Waals surface area contributed by atoms with Crippen LogP contribution in [0.2, 0.25) is 0 Å². The van der Waals surface area contributed by atoms with Gasteiger partial charge in [-0.15, -0.1) is 0 Å². The molecule has 2 aromatic heterocycles. The number of aromatic nitrogens is 2. The second kappa shape index (κ2) is 9.75. The normalized spacial score (nSPS) is 14.5. The molecular weight excluding hydrogens is 536 g/mol. The van der Waals surface area contributed by atoms with Gasteiger partial charge in [-0.3, -0.25) is 0 Å². The molecule has 9 rings (SSSR count). The van der Waals surface area contributed by atoms with Crippen LogP contribution in [0, 0.1) is 0 Å². The average molecular weight is 565 g/mol. The average Bonchev–Trinajstić information content (AvgIpc) is 3.44. The number of allylic oxidation sites excluding steroid dienone is 1. The van der Waals surface area contributed by atoms with Gasteiger partial charge < -0.3 is 4.42 Å². The van der Waals surface area contributed by atoms with E-state index in [1.54, 1.807) is 0 Å². The number of rotatable bonds is 3. The lowest BCUT2D eigenvalue weighted by Crippen LogP contribution is -2.04. The van der Waals surface area contributed by atoms with Gasteiger partial charge in [-0.1, -0.05) is 104 Å². The van der Waals surface area contributed by atoms with Crippen molar-refractivity contribution in [3.8, 4) is 33.8 Å². The molecule has 0 aliphatic heterocycles. The van der Waals surface area contributed by atoms with Crippen LogP contribution in [0.4, 0.5) is 0 Å². The van der Waals surface area contributed by atoms with E-state index in [-0.39, 0.29) is 0 Å². The fourth-order valence-corrected chi connectivity index (χ4v) is 6.81. The van der Waals surface area contributed by atoms with Gasteiger partial charge in [0, 0.05) is 27.3 Å². The largest absolute Gasteiger partial charge is 0.456 e. The summed E-state index contributed by atoms with van der Waals surface area (Å²) in [7, 11) is 0. The zero-order valence-electron chi connectivity index (χ0n) is 24.3. The van der Waals surface area contributed by atoms with Gasteiger partial charge in [-0.25, -0.2) is 9.97 Å². The van der Waals surface area contributed by atoms with Crippen molar-refractivity contribution in [1.82, 2.24) is 9.97 Å². The molecule has 3 nitrogen and oxygen atoms in total. The Morgan fingerprint density at radius 1 is 0.614 bits per heavy atom. The summed E-state index contributed by atoms with van der Waals surface area (Å²) < 4.78 is 6.19. The first-order valence-corrected chi connectivity index (χ1v) is 15.2. The van der Waals surface area contributed by atoms with Gasteiger partial charge in [-0.05, 0) is 81.8 Å². The lowest BCUT2D eigenvalue weighted by Gasteiger charge is -2.21. The van der Waals surface area contributed by atoms with E-state index in [0.717, 1.165) is 78.4 Å². The van der Waals surface area contributed by atoms with Gasteiger partial charge >= 0.3 is 0 Å². The van der Waals surface area contributed by atoms with Crippen molar-refractivity contribution < 1.29 is 4.42 Å². The molecule has 3 heteroatoms. The van der Waals surface area contributed by atoms with Crippen LogP contribution in [0.1, 0.15) is 30.4 Å². The lowest BCUT2D eigenvalue weighted by molar-refractivity contribution is 0.669. The van der Waals surface area contributed by atoms with E-state index in [9.17, 15) is 0 Å². The van der Waals surface area contributed by atoms with Crippen LogP contribution < -0.4 is 0 Å². The van der Waals surface area contributed by atoms with Gasteiger partial charge in [0.15, 0.2) is 5.82 Å². The highest BCUT2D eigenvalue weighted by atomic mass is 16.3. The van der Waals surface area contributed by atoms with E-state index in [0.29, 0.717) is 5.92 Å². The topological polar surface area (TPSA) is 38.9 Å². The van der Waals surface area contributed by atoms with E-state index in [2.05, 4.69) is 128 Å². The zero-order valence-corrected chi connectivity index (χ0v) is 24.3. The van der Waals surface area contributed by atoms with Crippen LogP contribution in [0.25, 0.3) is 83.5 Å². The maximum Gasteiger partial charge on any atom is 0.160 e. The molecular formula is C41H28N2O. The minimum Gasteiger partial charge on any atom is -0.456 e. The molecule has 0 N–H and O–H groups in total. The number of hydrogen-bond acceptors (Lipinski definition) is 3. The Kier molecular flexibility index (Phi) is 5.54. The summed E-state index contributed by atoms with van der Waals surface area (Å²) in [5.74, 6) is 1.21.